The minimum Gasteiger partial charge on any atom is -0.459 e. The van der Waals surface area contributed by atoms with Crippen LogP contribution in [0.3, 0.4) is 0 Å². The Bertz CT molecular complexity index is 1160. The van der Waals surface area contributed by atoms with E-state index in [-0.39, 0.29) is 23.1 Å². The molecule has 2 heterocycles. The first-order chi connectivity index (χ1) is 13.2. The van der Waals surface area contributed by atoms with Gasteiger partial charge in [-0.3, -0.25) is 0 Å². The van der Waals surface area contributed by atoms with Crippen molar-refractivity contribution < 1.29 is 12.8 Å². The molecular formula is C17H18N6O3S2. The molecule has 0 radical (unpaired) electrons. The molecule has 9 nitrogen and oxygen atoms in total. The number of nitrogens with zero attached hydrogens (tertiary/aromatic N) is 3. The van der Waals surface area contributed by atoms with Crippen LogP contribution < -0.4 is 17.2 Å². The van der Waals surface area contributed by atoms with Gasteiger partial charge in [-0.05, 0) is 30.7 Å². The summed E-state index contributed by atoms with van der Waals surface area (Å²) < 4.78 is 34.2. The second-order valence-corrected chi connectivity index (χ2v) is 8.23. The lowest BCUT2D eigenvalue weighted by Crippen LogP contribution is -2.21. The Labute approximate surface area is 165 Å². The van der Waals surface area contributed by atoms with Crippen LogP contribution >= 0.6 is 11.3 Å². The molecule has 0 atom stereocenters. The summed E-state index contributed by atoms with van der Waals surface area (Å²) in [6.45, 7) is 1.70. The zero-order chi connectivity index (χ0) is 20.3. The van der Waals surface area contributed by atoms with Crippen LogP contribution in [0.1, 0.15) is 11.3 Å². The van der Waals surface area contributed by atoms with Gasteiger partial charge < -0.3 is 21.6 Å². The van der Waals surface area contributed by atoms with Crippen LogP contribution in [0.4, 0.5) is 5.13 Å². The third kappa shape index (κ3) is 4.56. The fourth-order valence-electron chi connectivity index (χ4n) is 2.41. The van der Waals surface area contributed by atoms with Gasteiger partial charge in [0, 0.05) is 5.38 Å². The Kier molecular flexibility index (Phi) is 5.47. The van der Waals surface area contributed by atoms with Crippen LogP contribution in [-0.2, 0) is 16.4 Å². The first-order valence-corrected chi connectivity index (χ1v) is 10.4. The summed E-state index contributed by atoms with van der Waals surface area (Å²) in [5.74, 6) is 0.772. The van der Waals surface area contributed by atoms with E-state index < -0.39 is 10.0 Å². The van der Waals surface area contributed by atoms with Gasteiger partial charge in [0.05, 0.1) is 11.3 Å². The van der Waals surface area contributed by atoms with Crippen molar-refractivity contribution >= 4 is 38.3 Å². The minimum absolute atomic E-state index is 0.0377. The lowest BCUT2D eigenvalue weighted by atomic mass is 10.2. The van der Waals surface area contributed by atoms with Gasteiger partial charge in [-0.15, -0.1) is 15.7 Å². The van der Waals surface area contributed by atoms with Gasteiger partial charge in [-0.1, -0.05) is 18.2 Å². The Morgan fingerprint density at radius 2 is 1.93 bits per heavy atom. The van der Waals surface area contributed by atoms with Crippen molar-refractivity contribution in [3.8, 4) is 11.5 Å². The first kappa shape index (κ1) is 19.6. The summed E-state index contributed by atoms with van der Waals surface area (Å²) in [7, 11) is -3.89. The zero-order valence-corrected chi connectivity index (χ0v) is 16.5. The molecule has 0 fully saturated rings. The van der Waals surface area contributed by atoms with E-state index in [0.29, 0.717) is 27.9 Å². The van der Waals surface area contributed by atoms with Crippen molar-refractivity contribution in [2.45, 2.75) is 18.2 Å². The fourth-order valence-corrected chi connectivity index (χ4v) is 4.30. The molecule has 0 aliphatic carbocycles. The SMILES string of the molecule is Cc1ccccc1S(=O)(=O)N=C(N)Cc1ccc(-c2csc(N=C(N)N)n2)o1. The Morgan fingerprint density at radius 1 is 1.18 bits per heavy atom. The topological polar surface area (TPSA) is 163 Å². The molecule has 1 aromatic carbocycles. The summed E-state index contributed by atoms with van der Waals surface area (Å²) in [5, 5.41) is 2.14. The zero-order valence-electron chi connectivity index (χ0n) is 14.9. The molecule has 3 rings (SSSR count). The summed E-state index contributed by atoms with van der Waals surface area (Å²) in [6, 6.07) is 9.95. The van der Waals surface area contributed by atoms with Crippen molar-refractivity contribution in [2.24, 2.45) is 26.6 Å². The highest BCUT2D eigenvalue weighted by atomic mass is 32.2. The number of hydrogen-bond donors (Lipinski definition) is 3. The summed E-state index contributed by atoms with van der Waals surface area (Å²) in [6.07, 6.45) is 0.0377. The molecule has 2 aromatic heterocycles. The Morgan fingerprint density at radius 3 is 2.64 bits per heavy atom. The summed E-state index contributed by atoms with van der Waals surface area (Å²) in [5.41, 5.74) is 17.6. The van der Waals surface area contributed by atoms with Gasteiger partial charge in [-0.2, -0.15) is 13.4 Å². The number of aliphatic imine (C=N–C) groups is 1. The molecule has 28 heavy (non-hydrogen) atoms. The average Bonchev–Trinajstić information content (AvgIpc) is 3.23. The molecule has 3 aromatic rings. The molecule has 6 N–H and O–H groups in total. The fraction of sp³-hybridized carbons (Fsp3) is 0.118. The van der Waals surface area contributed by atoms with Crippen molar-refractivity contribution in [1.29, 1.82) is 0 Å². The maximum absolute atomic E-state index is 12.4. The van der Waals surface area contributed by atoms with E-state index in [9.17, 15) is 8.42 Å². The quantitative estimate of drug-likeness (QED) is 0.406. The number of sulfonamides is 1. The van der Waals surface area contributed by atoms with E-state index in [1.165, 1.54) is 17.4 Å². The van der Waals surface area contributed by atoms with Crippen LogP contribution in [-0.4, -0.2) is 25.2 Å². The van der Waals surface area contributed by atoms with Gasteiger partial charge in [-0.25, -0.2) is 4.98 Å². The molecule has 11 heteroatoms. The monoisotopic (exact) mass is 418 g/mol. The molecule has 0 saturated carbocycles. The number of furan rings is 1. The number of nitrogens with two attached hydrogens (primary N) is 3. The second kappa shape index (κ2) is 7.82. The van der Waals surface area contributed by atoms with Gasteiger partial charge in [0.2, 0.25) is 5.13 Å². The molecule has 0 amide bonds. The van der Waals surface area contributed by atoms with Gasteiger partial charge in [0.15, 0.2) is 11.7 Å². The highest BCUT2D eigenvalue weighted by Gasteiger charge is 2.17. The lowest BCUT2D eigenvalue weighted by Gasteiger charge is -2.04. The maximum atomic E-state index is 12.4. The number of guanidine groups is 1. The standard InChI is InChI=1S/C17H18N6O3S2/c1-10-4-2-3-5-14(10)28(24,25)23-15(18)8-11-6-7-13(26-11)12-9-27-17(21-12)22-16(19)20/h2-7,9H,8H2,1H3,(H2,18,23)(H4,19,20,21,22). The molecule has 0 spiro atoms. The number of aromatic nitrogens is 1. The van der Waals surface area contributed by atoms with Crippen molar-refractivity contribution in [2.75, 3.05) is 0 Å². The van der Waals surface area contributed by atoms with Gasteiger partial charge in [0.1, 0.15) is 17.3 Å². The minimum atomic E-state index is -3.89. The molecule has 146 valence electrons. The number of aryl methyl sites for hydroxylation is 1. The second-order valence-electron chi connectivity index (χ2n) is 5.82. The van der Waals surface area contributed by atoms with Crippen LogP contribution in [0.5, 0.6) is 0 Å². The number of benzene rings is 1. The largest absolute Gasteiger partial charge is 0.459 e. The Balaban J connectivity index is 1.78. The van der Waals surface area contributed by atoms with E-state index in [1.54, 1.807) is 42.6 Å². The van der Waals surface area contributed by atoms with E-state index in [0.717, 1.165) is 0 Å². The molecule has 0 aliphatic heterocycles. The summed E-state index contributed by atoms with van der Waals surface area (Å²) >= 11 is 1.26. The maximum Gasteiger partial charge on any atom is 0.284 e. The highest BCUT2D eigenvalue weighted by Crippen LogP contribution is 2.28. The molecule has 0 aliphatic rings. The van der Waals surface area contributed by atoms with E-state index in [2.05, 4.69) is 14.4 Å². The van der Waals surface area contributed by atoms with Gasteiger partial charge >= 0.3 is 0 Å². The van der Waals surface area contributed by atoms with E-state index in [4.69, 9.17) is 21.6 Å². The molecular weight excluding hydrogens is 400 g/mol. The van der Waals surface area contributed by atoms with Crippen molar-refractivity contribution in [3.63, 3.8) is 0 Å². The van der Waals surface area contributed by atoms with Crippen LogP contribution in [0.15, 0.2) is 60.5 Å². The molecule has 0 bridgehead atoms. The number of thiazole rings is 1. The smallest absolute Gasteiger partial charge is 0.284 e. The predicted octanol–water partition coefficient (Wildman–Crippen LogP) is 1.91. The van der Waals surface area contributed by atoms with Crippen LogP contribution in [0.2, 0.25) is 0 Å². The van der Waals surface area contributed by atoms with Crippen molar-refractivity contribution in [3.05, 3.63) is 53.1 Å². The molecule has 0 saturated heterocycles. The third-order valence-corrected chi connectivity index (χ3v) is 5.82. The van der Waals surface area contributed by atoms with E-state index >= 15 is 0 Å². The predicted molar refractivity (Wildman–Crippen MR) is 109 cm³/mol. The van der Waals surface area contributed by atoms with E-state index in [1.807, 2.05) is 0 Å². The lowest BCUT2D eigenvalue weighted by molar-refractivity contribution is 0.538. The first-order valence-electron chi connectivity index (χ1n) is 8.04. The van der Waals surface area contributed by atoms with Gasteiger partial charge in [0.25, 0.3) is 10.0 Å². The normalized spacial score (nSPS) is 12.1. The number of hydrogen-bond acceptors (Lipinski definition) is 6. The van der Waals surface area contributed by atoms with Crippen LogP contribution in [0.25, 0.3) is 11.5 Å². The Hall–Kier alpha value is -3.18. The highest BCUT2D eigenvalue weighted by molar-refractivity contribution is 7.90. The number of rotatable bonds is 6. The average molecular weight is 419 g/mol. The summed E-state index contributed by atoms with van der Waals surface area (Å²) in [4.78, 5) is 8.23. The third-order valence-electron chi connectivity index (χ3n) is 3.60. The van der Waals surface area contributed by atoms with Crippen molar-refractivity contribution in [1.82, 2.24) is 4.98 Å². The molecule has 0 unspecified atom stereocenters. The number of amidine groups is 1. The van der Waals surface area contributed by atoms with Crippen LogP contribution in [0, 0.1) is 6.92 Å².